The Balaban J connectivity index is 1.78. The van der Waals surface area contributed by atoms with Crippen LogP contribution < -0.4 is 5.56 Å². The van der Waals surface area contributed by atoms with Crippen LogP contribution in [0.2, 0.25) is 5.02 Å². The Kier molecular flexibility index (Phi) is 3.31. The summed E-state index contributed by atoms with van der Waals surface area (Å²) >= 11 is 5.91. The van der Waals surface area contributed by atoms with Gasteiger partial charge in [-0.25, -0.2) is 4.68 Å². The third-order valence-corrected chi connectivity index (χ3v) is 4.27. The van der Waals surface area contributed by atoms with Crippen LogP contribution in [0.1, 0.15) is 26.2 Å². The molecule has 0 saturated heterocycles. The molecule has 2 unspecified atom stereocenters. The van der Waals surface area contributed by atoms with Crippen LogP contribution in [0.25, 0.3) is 10.8 Å². The highest BCUT2D eigenvalue weighted by Gasteiger charge is 2.31. The largest absolute Gasteiger partial charge is 0.274 e. The lowest BCUT2D eigenvalue weighted by atomic mass is 10.2. The van der Waals surface area contributed by atoms with Crippen molar-refractivity contribution < 1.29 is 0 Å². The van der Waals surface area contributed by atoms with E-state index in [0.717, 1.165) is 23.6 Å². The molecule has 3 nitrogen and oxygen atoms in total. The number of halogens is 1. The molecule has 19 heavy (non-hydrogen) atoms. The first kappa shape index (κ1) is 12.7. The van der Waals surface area contributed by atoms with Crippen LogP contribution >= 0.6 is 11.6 Å². The van der Waals surface area contributed by atoms with Gasteiger partial charge in [-0.2, -0.15) is 5.10 Å². The third-order valence-electron chi connectivity index (χ3n) is 4.04. The molecule has 0 radical (unpaired) electrons. The van der Waals surface area contributed by atoms with Gasteiger partial charge in [0.1, 0.15) is 0 Å². The summed E-state index contributed by atoms with van der Waals surface area (Å²) in [4.78, 5) is 12.3. The Hall–Kier alpha value is -1.35. The minimum absolute atomic E-state index is 0.0157. The van der Waals surface area contributed by atoms with Crippen LogP contribution in [-0.2, 0) is 6.54 Å². The lowest BCUT2D eigenvalue weighted by molar-refractivity contribution is 0.509. The van der Waals surface area contributed by atoms with Gasteiger partial charge in [0.05, 0.1) is 11.6 Å². The van der Waals surface area contributed by atoms with Gasteiger partial charge in [-0.15, -0.1) is 0 Å². The van der Waals surface area contributed by atoms with Gasteiger partial charge in [-0.1, -0.05) is 18.5 Å². The minimum Gasteiger partial charge on any atom is -0.267 e. The van der Waals surface area contributed by atoms with E-state index in [4.69, 9.17) is 11.6 Å². The van der Waals surface area contributed by atoms with Crippen LogP contribution in [0.4, 0.5) is 0 Å². The summed E-state index contributed by atoms with van der Waals surface area (Å²) in [5.41, 5.74) is -0.0157. The predicted octanol–water partition coefficient (Wildman–Crippen LogP) is 3.49. The smallest absolute Gasteiger partial charge is 0.267 e. The molecule has 2 aromatic rings. The fraction of sp³-hybridized carbons (Fsp3) is 0.467. The summed E-state index contributed by atoms with van der Waals surface area (Å²) in [5.74, 6) is 1.75. The lowest BCUT2D eigenvalue weighted by Crippen LogP contribution is -2.22. The molecular formula is C15H17ClN2O. The van der Waals surface area contributed by atoms with Gasteiger partial charge in [-0.3, -0.25) is 4.79 Å². The lowest BCUT2D eigenvalue weighted by Gasteiger charge is -2.06. The van der Waals surface area contributed by atoms with E-state index in [2.05, 4.69) is 12.0 Å². The molecule has 1 aromatic heterocycles. The third kappa shape index (κ3) is 2.66. The first-order chi connectivity index (χ1) is 9.15. The summed E-state index contributed by atoms with van der Waals surface area (Å²) in [7, 11) is 0. The predicted molar refractivity (Wildman–Crippen MR) is 77.5 cm³/mol. The Morgan fingerprint density at radius 2 is 2.26 bits per heavy atom. The van der Waals surface area contributed by atoms with Gasteiger partial charge in [0.15, 0.2) is 0 Å². The molecule has 3 rings (SSSR count). The highest BCUT2D eigenvalue weighted by atomic mass is 35.5. The van der Waals surface area contributed by atoms with Gasteiger partial charge in [0, 0.05) is 17.0 Å². The molecule has 0 spiro atoms. The zero-order chi connectivity index (χ0) is 13.4. The van der Waals surface area contributed by atoms with E-state index in [1.165, 1.54) is 12.8 Å². The highest BCUT2D eigenvalue weighted by Crippen LogP contribution is 2.41. The van der Waals surface area contributed by atoms with Crippen molar-refractivity contribution in [2.75, 3.05) is 0 Å². The standard InChI is InChI=1S/C15H17ClN2O/c1-10-7-11(10)3-2-6-18-15(19)14-5-4-13(16)8-12(14)9-17-18/h4-5,8-11H,2-3,6-7H2,1H3. The second kappa shape index (κ2) is 4.97. The monoisotopic (exact) mass is 276 g/mol. The van der Waals surface area contributed by atoms with Crippen molar-refractivity contribution in [3.05, 3.63) is 39.8 Å². The number of fused-ring (bicyclic) bond motifs is 1. The summed E-state index contributed by atoms with van der Waals surface area (Å²) in [6.07, 6.45) is 5.30. The van der Waals surface area contributed by atoms with Gasteiger partial charge in [-0.05, 0) is 49.3 Å². The fourth-order valence-corrected chi connectivity index (χ4v) is 2.80. The number of rotatable bonds is 4. The Morgan fingerprint density at radius 1 is 1.47 bits per heavy atom. The maximum Gasteiger partial charge on any atom is 0.274 e. The van der Waals surface area contributed by atoms with Crippen LogP contribution in [0, 0.1) is 11.8 Å². The summed E-state index contributed by atoms with van der Waals surface area (Å²) in [6.45, 7) is 3.00. The van der Waals surface area contributed by atoms with E-state index < -0.39 is 0 Å². The fourth-order valence-electron chi connectivity index (χ4n) is 2.62. The van der Waals surface area contributed by atoms with Crippen molar-refractivity contribution in [3.8, 4) is 0 Å². The van der Waals surface area contributed by atoms with Crippen molar-refractivity contribution in [1.82, 2.24) is 9.78 Å². The molecule has 1 saturated carbocycles. The number of hydrogen-bond donors (Lipinski definition) is 0. The number of benzene rings is 1. The second-order valence-corrected chi connectivity index (χ2v) is 5.96. The van der Waals surface area contributed by atoms with E-state index in [-0.39, 0.29) is 5.56 Å². The number of aryl methyl sites for hydroxylation is 1. The molecule has 1 fully saturated rings. The van der Waals surface area contributed by atoms with Crippen molar-refractivity contribution in [2.45, 2.75) is 32.7 Å². The van der Waals surface area contributed by atoms with E-state index >= 15 is 0 Å². The Labute approximate surface area is 117 Å². The molecule has 0 N–H and O–H groups in total. The molecule has 2 atom stereocenters. The molecule has 1 aliphatic carbocycles. The molecule has 1 aromatic carbocycles. The van der Waals surface area contributed by atoms with Gasteiger partial charge in [0.2, 0.25) is 0 Å². The molecule has 1 heterocycles. The Bertz CT molecular complexity index is 665. The first-order valence-corrected chi connectivity index (χ1v) is 7.18. The quantitative estimate of drug-likeness (QED) is 0.857. The Morgan fingerprint density at radius 3 is 3.00 bits per heavy atom. The maximum atomic E-state index is 12.3. The number of aromatic nitrogens is 2. The average Bonchev–Trinajstić information content (AvgIpc) is 3.08. The molecule has 0 aliphatic heterocycles. The highest BCUT2D eigenvalue weighted by molar-refractivity contribution is 6.31. The average molecular weight is 277 g/mol. The van der Waals surface area contributed by atoms with Crippen molar-refractivity contribution in [1.29, 1.82) is 0 Å². The van der Waals surface area contributed by atoms with Gasteiger partial charge >= 0.3 is 0 Å². The normalized spacial score (nSPS) is 21.8. The maximum absolute atomic E-state index is 12.3. The van der Waals surface area contributed by atoms with Crippen molar-refractivity contribution in [3.63, 3.8) is 0 Å². The number of nitrogens with zero attached hydrogens (tertiary/aromatic N) is 2. The van der Waals surface area contributed by atoms with Gasteiger partial charge < -0.3 is 0 Å². The van der Waals surface area contributed by atoms with E-state index in [0.29, 0.717) is 17.0 Å². The molecular weight excluding hydrogens is 260 g/mol. The van der Waals surface area contributed by atoms with Crippen LogP contribution in [-0.4, -0.2) is 9.78 Å². The van der Waals surface area contributed by atoms with Crippen LogP contribution in [0.3, 0.4) is 0 Å². The molecule has 0 amide bonds. The summed E-state index contributed by atoms with van der Waals surface area (Å²) in [5, 5.41) is 6.37. The summed E-state index contributed by atoms with van der Waals surface area (Å²) < 4.78 is 1.57. The van der Waals surface area contributed by atoms with E-state index in [1.54, 1.807) is 29.1 Å². The van der Waals surface area contributed by atoms with Crippen molar-refractivity contribution >= 4 is 22.4 Å². The van der Waals surface area contributed by atoms with Crippen LogP contribution in [0.5, 0.6) is 0 Å². The second-order valence-electron chi connectivity index (χ2n) is 5.52. The molecule has 4 heteroatoms. The van der Waals surface area contributed by atoms with Gasteiger partial charge in [0.25, 0.3) is 5.56 Å². The number of hydrogen-bond acceptors (Lipinski definition) is 2. The minimum atomic E-state index is -0.0157. The zero-order valence-corrected chi connectivity index (χ0v) is 11.7. The first-order valence-electron chi connectivity index (χ1n) is 6.80. The topological polar surface area (TPSA) is 34.9 Å². The van der Waals surface area contributed by atoms with Crippen molar-refractivity contribution in [2.24, 2.45) is 11.8 Å². The molecule has 1 aliphatic rings. The zero-order valence-electron chi connectivity index (χ0n) is 11.0. The van der Waals surface area contributed by atoms with E-state index in [9.17, 15) is 4.79 Å². The molecule has 0 bridgehead atoms. The van der Waals surface area contributed by atoms with Crippen LogP contribution in [0.15, 0.2) is 29.2 Å². The van der Waals surface area contributed by atoms with E-state index in [1.807, 2.05) is 0 Å². The molecule has 100 valence electrons. The SMILES string of the molecule is CC1CC1CCCn1ncc2cc(Cl)ccc2c1=O. The summed E-state index contributed by atoms with van der Waals surface area (Å²) in [6, 6.07) is 5.31.